The summed E-state index contributed by atoms with van der Waals surface area (Å²) in [5.41, 5.74) is 0. The first-order chi connectivity index (χ1) is 1.00. The molecule has 0 aliphatic heterocycles. The quantitative estimate of drug-likeness (QED) is 0.481. The fourth-order valence-corrected chi connectivity index (χ4v) is 0. The zero-order valence-corrected chi connectivity index (χ0v) is 12.4. The van der Waals surface area contributed by atoms with Crippen LogP contribution in [0.25, 0.3) is 0 Å². The van der Waals surface area contributed by atoms with E-state index in [9.17, 15) is 0 Å². The molecule has 0 saturated carbocycles. The summed E-state index contributed by atoms with van der Waals surface area (Å²) in [5, 5.41) is 0. The molecule has 0 aliphatic rings. The third-order valence-corrected chi connectivity index (χ3v) is 0. The van der Waals surface area contributed by atoms with Crippen molar-refractivity contribution in [2.75, 3.05) is 0 Å². The maximum absolute atomic E-state index is 8.34. The molecule has 0 aromatic rings. The second-order valence-corrected chi connectivity index (χ2v) is 0. The summed E-state index contributed by atoms with van der Waals surface area (Å²) in [5.74, 6) is 0. The molecule has 0 amide bonds. The van der Waals surface area contributed by atoms with E-state index < -0.39 is 0 Å². The summed E-state index contributed by atoms with van der Waals surface area (Å²) in [6.45, 7) is 0. The molecule has 0 aromatic carbocycles. The Kier molecular flexibility index (Phi) is 154. The Balaban J connectivity index is -0.00000000167. The van der Waals surface area contributed by atoms with Crippen LogP contribution in [-0.4, -0.2) is 85.5 Å². The normalized spacial score (nSPS) is 0.800. The maximum atomic E-state index is 8.34. The second kappa shape index (κ2) is 30.3. The van der Waals surface area contributed by atoms with Crippen molar-refractivity contribution in [2.24, 2.45) is 0 Å². The summed E-state index contributed by atoms with van der Waals surface area (Å²) in [6.07, 6.45) is 0. The predicted octanol–water partition coefficient (Wildman–Crippen LogP) is -1.64. The molecular formula is AlGaInOSn. The van der Waals surface area contributed by atoms with Crippen LogP contribution in [0.1, 0.15) is 0 Å². The molecule has 0 aliphatic carbocycles. The van der Waals surface area contributed by atoms with Crippen molar-refractivity contribution in [1.82, 2.24) is 0 Å². The van der Waals surface area contributed by atoms with Crippen molar-refractivity contribution in [3.63, 3.8) is 0 Å². The van der Waals surface area contributed by atoms with Crippen molar-refractivity contribution < 1.29 is 3.08 Å². The van der Waals surface area contributed by atoms with E-state index in [1.54, 1.807) is 0 Å². The Labute approximate surface area is 87.1 Å². The van der Waals surface area contributed by atoms with Crippen LogP contribution < -0.4 is 0 Å². The van der Waals surface area contributed by atoms with Crippen LogP contribution in [0.2, 0.25) is 0 Å². The molecular weight excluding hydrogens is 346 g/mol. The summed E-state index contributed by atoms with van der Waals surface area (Å²) in [6, 6.07) is 0. The minimum atomic E-state index is 0. The fraction of sp³-hybridized carbons (Fsp3) is 0. The molecule has 0 unspecified atom stereocenters. The first-order valence-electron chi connectivity index (χ1n) is 0.204. The van der Waals surface area contributed by atoms with Crippen LogP contribution >= 0.6 is 0 Å². The summed E-state index contributed by atoms with van der Waals surface area (Å²) >= 11 is 0.300. The van der Waals surface area contributed by atoms with Crippen LogP contribution in [0.4, 0.5) is 0 Å². The van der Waals surface area contributed by atoms with E-state index in [2.05, 4.69) is 0 Å². The first kappa shape index (κ1) is 25.4. The van der Waals surface area contributed by atoms with E-state index in [4.69, 9.17) is 3.08 Å². The van der Waals surface area contributed by atoms with E-state index in [0.29, 0.717) is 22.5 Å². The molecule has 0 spiro atoms. The number of hydrogen-bond acceptors (Lipinski definition) is 1. The van der Waals surface area contributed by atoms with Gasteiger partial charge in [-0.25, -0.2) is 0 Å². The zero-order chi connectivity index (χ0) is 2.00. The van der Waals surface area contributed by atoms with E-state index in [1.807, 2.05) is 0 Å². The van der Waals surface area contributed by atoms with Gasteiger partial charge in [-0.15, -0.1) is 0 Å². The number of rotatable bonds is 0. The monoisotopic (exact) mass is 347 g/mol. The van der Waals surface area contributed by atoms with Gasteiger partial charge in [0.15, 0.2) is 0 Å². The van der Waals surface area contributed by atoms with Crippen LogP contribution in [0.5, 0.6) is 0 Å². The van der Waals surface area contributed by atoms with Crippen LogP contribution in [0.15, 0.2) is 0 Å². The van der Waals surface area contributed by atoms with Crippen molar-refractivity contribution in [2.45, 2.75) is 0 Å². The van der Waals surface area contributed by atoms with Gasteiger partial charge in [0.05, 0.1) is 0 Å². The molecule has 0 atom stereocenters. The standard InChI is InChI=1S/Al.Ga.In.O.Sn. The van der Waals surface area contributed by atoms with Gasteiger partial charge < -0.3 is 0 Å². The van der Waals surface area contributed by atoms with Crippen molar-refractivity contribution in [3.8, 4) is 0 Å². The molecule has 0 rings (SSSR count). The molecule has 1 nitrogen and oxygen atoms in total. The average molecular weight is 346 g/mol. The summed E-state index contributed by atoms with van der Waals surface area (Å²) in [4.78, 5) is 0. The van der Waals surface area contributed by atoms with Gasteiger partial charge in [0.1, 0.15) is 0 Å². The predicted molar refractivity (Wildman–Crippen MR) is 23.7 cm³/mol. The van der Waals surface area contributed by atoms with Crippen molar-refractivity contribution in [3.05, 3.63) is 0 Å². The molecule has 11 radical (unpaired) electrons. The molecule has 0 aromatic heterocycles. The Morgan fingerprint density at radius 3 is 1.20 bits per heavy atom. The Hall–Kier alpha value is 2.64. The minimum absolute atomic E-state index is 0. The molecule has 0 bridgehead atoms. The molecule has 0 N–H and O–H groups in total. The van der Waals surface area contributed by atoms with Gasteiger partial charge in [-0.3, -0.25) is 0 Å². The topological polar surface area (TPSA) is 17.1 Å². The Morgan fingerprint density at radius 1 is 1.20 bits per heavy atom. The second-order valence-electron chi connectivity index (χ2n) is 0. The third-order valence-electron chi connectivity index (χ3n) is 0. The van der Waals surface area contributed by atoms with Crippen LogP contribution in [-0.2, 0) is 3.08 Å². The first-order valence-corrected chi connectivity index (χ1v) is 1.37. The summed E-state index contributed by atoms with van der Waals surface area (Å²) < 4.78 is 8.34. The van der Waals surface area contributed by atoms with E-state index in [0.717, 1.165) is 0 Å². The van der Waals surface area contributed by atoms with Gasteiger partial charge in [-0.2, -0.15) is 0 Å². The Bertz CT molecular complexity index is 11.6. The van der Waals surface area contributed by atoms with Crippen molar-refractivity contribution in [1.29, 1.82) is 0 Å². The zero-order valence-electron chi connectivity index (χ0n) is 2.64. The van der Waals surface area contributed by atoms with Crippen molar-refractivity contribution >= 4 is 85.5 Å². The van der Waals surface area contributed by atoms with Crippen LogP contribution in [0.3, 0.4) is 0 Å². The molecule has 5 heteroatoms. The van der Waals surface area contributed by atoms with Gasteiger partial charge in [-0.05, 0) is 0 Å². The van der Waals surface area contributed by atoms with Gasteiger partial charge in [0, 0.05) is 63.0 Å². The molecule has 5 heavy (non-hydrogen) atoms. The van der Waals surface area contributed by atoms with Gasteiger partial charge in [-0.1, -0.05) is 0 Å². The number of hydrogen-bond donors (Lipinski definition) is 0. The Morgan fingerprint density at radius 2 is 1.20 bits per heavy atom. The molecule has 0 heterocycles. The van der Waals surface area contributed by atoms with E-state index in [1.165, 1.54) is 0 Å². The summed E-state index contributed by atoms with van der Waals surface area (Å²) in [7, 11) is 0. The SMILES string of the molecule is [Al].[Ga].[In].[O]=[Sn]. The van der Waals surface area contributed by atoms with E-state index in [-0.39, 0.29) is 63.0 Å². The van der Waals surface area contributed by atoms with Gasteiger partial charge in [0.2, 0.25) is 0 Å². The fourth-order valence-electron chi connectivity index (χ4n) is 0. The van der Waals surface area contributed by atoms with Gasteiger partial charge in [0.25, 0.3) is 0 Å². The molecule has 19 valence electrons. The molecule has 0 fully saturated rings. The average Bonchev–Trinajstić information content (AvgIpc) is 1.00. The molecule has 0 saturated heterocycles. The van der Waals surface area contributed by atoms with E-state index >= 15 is 0 Å². The van der Waals surface area contributed by atoms with Gasteiger partial charge >= 0.3 is 25.6 Å². The third kappa shape index (κ3) is 20.5. The van der Waals surface area contributed by atoms with Crippen LogP contribution in [0, 0.1) is 0 Å².